The molecule has 1 aliphatic rings. The van der Waals surface area contributed by atoms with E-state index in [2.05, 4.69) is 16.8 Å². The van der Waals surface area contributed by atoms with E-state index in [0.717, 1.165) is 19.6 Å². The molecule has 172 valence electrons. The van der Waals surface area contributed by atoms with Gasteiger partial charge in [0.15, 0.2) is 0 Å². The maximum absolute atomic E-state index is 12.4. The van der Waals surface area contributed by atoms with Crippen molar-refractivity contribution >= 4 is 41.0 Å². The first-order valence-corrected chi connectivity index (χ1v) is 10.6. The van der Waals surface area contributed by atoms with Gasteiger partial charge in [0.2, 0.25) is 0 Å². The molecule has 0 atom stereocenters. The zero-order valence-corrected chi connectivity index (χ0v) is 19.3. The maximum Gasteiger partial charge on any atom is 0.328 e. The molecular weight excluding hydrogens is 445 g/mol. The molecule has 0 bridgehead atoms. The molecule has 0 unspecified atom stereocenters. The van der Waals surface area contributed by atoms with E-state index in [0.29, 0.717) is 34.3 Å². The summed E-state index contributed by atoms with van der Waals surface area (Å²) in [6, 6.07) is 5.00. The molecule has 1 fully saturated rings. The van der Waals surface area contributed by atoms with Crippen LogP contribution in [0, 0.1) is 0 Å². The third-order valence-corrected chi connectivity index (χ3v) is 5.43. The van der Waals surface area contributed by atoms with E-state index in [-0.39, 0.29) is 5.91 Å². The molecule has 1 saturated heterocycles. The highest BCUT2D eigenvalue weighted by atomic mass is 35.5. The van der Waals surface area contributed by atoms with Gasteiger partial charge in [-0.2, -0.15) is 0 Å². The van der Waals surface area contributed by atoms with Crippen LogP contribution >= 0.6 is 23.2 Å². The van der Waals surface area contributed by atoms with Crippen LogP contribution in [0.25, 0.3) is 0 Å². The Labute approximate surface area is 192 Å². The Kier molecular flexibility index (Phi) is 12.2. The van der Waals surface area contributed by atoms with Gasteiger partial charge in [0.05, 0.1) is 10.0 Å². The van der Waals surface area contributed by atoms with E-state index in [1.807, 2.05) is 7.05 Å². The van der Waals surface area contributed by atoms with E-state index in [4.69, 9.17) is 33.4 Å². The van der Waals surface area contributed by atoms with E-state index in [1.165, 1.54) is 25.9 Å². The highest BCUT2D eigenvalue weighted by molar-refractivity contribution is 6.42. The fourth-order valence-corrected chi connectivity index (χ4v) is 3.14. The Hall–Kier alpha value is -2.13. The van der Waals surface area contributed by atoms with Crippen LogP contribution < -0.4 is 0 Å². The molecule has 2 rings (SSSR count). The van der Waals surface area contributed by atoms with Crippen molar-refractivity contribution < 1.29 is 24.6 Å². The van der Waals surface area contributed by atoms with Gasteiger partial charge in [-0.15, -0.1) is 0 Å². The van der Waals surface area contributed by atoms with Gasteiger partial charge in [0, 0.05) is 50.9 Å². The molecule has 1 aromatic rings. The Balaban J connectivity index is 0.000000512. The van der Waals surface area contributed by atoms with E-state index in [1.54, 1.807) is 23.1 Å². The van der Waals surface area contributed by atoms with Crippen molar-refractivity contribution in [3.63, 3.8) is 0 Å². The molecule has 31 heavy (non-hydrogen) atoms. The minimum atomic E-state index is -1.26. The number of halogens is 2. The predicted octanol–water partition coefficient (Wildman–Crippen LogP) is 2.80. The average molecular weight is 474 g/mol. The summed E-state index contributed by atoms with van der Waals surface area (Å²) in [5.74, 6) is -2.55. The summed E-state index contributed by atoms with van der Waals surface area (Å²) in [6.07, 6.45) is 3.76. The molecule has 0 aromatic heterocycles. The number of likely N-dealkylation sites (tertiary alicyclic amines) is 1. The van der Waals surface area contributed by atoms with Crippen LogP contribution in [-0.2, 0) is 9.59 Å². The zero-order chi connectivity index (χ0) is 23.4. The molecule has 0 spiro atoms. The highest BCUT2D eigenvalue weighted by Crippen LogP contribution is 2.23. The highest BCUT2D eigenvalue weighted by Gasteiger charge is 2.15. The molecular formula is C21H29Cl2N3O5. The number of carbonyl (C=O) groups excluding carboxylic acids is 1. The number of hydrogen-bond acceptors (Lipinski definition) is 5. The second kappa shape index (κ2) is 14.0. The van der Waals surface area contributed by atoms with Gasteiger partial charge in [-0.25, -0.2) is 9.59 Å². The number of benzene rings is 1. The number of likely N-dealkylation sites (N-methyl/N-ethyl adjacent to an activating group) is 2. The summed E-state index contributed by atoms with van der Waals surface area (Å²) in [6.45, 7) is 6.15. The summed E-state index contributed by atoms with van der Waals surface area (Å²) in [7, 11) is 3.92. The number of aliphatic carboxylic acids is 2. The lowest BCUT2D eigenvalue weighted by Crippen LogP contribution is -2.38. The predicted molar refractivity (Wildman–Crippen MR) is 121 cm³/mol. The van der Waals surface area contributed by atoms with E-state index < -0.39 is 11.9 Å². The molecule has 0 saturated carbocycles. The maximum atomic E-state index is 12.4. The summed E-state index contributed by atoms with van der Waals surface area (Å²) >= 11 is 11.9. The smallest absolute Gasteiger partial charge is 0.328 e. The summed E-state index contributed by atoms with van der Waals surface area (Å²) in [4.78, 5) is 38.0. The number of carboxylic acid groups (broad SMARTS) is 2. The molecule has 0 radical (unpaired) electrons. The van der Waals surface area contributed by atoms with Gasteiger partial charge >= 0.3 is 11.9 Å². The van der Waals surface area contributed by atoms with Crippen LogP contribution in [0.4, 0.5) is 0 Å². The molecule has 1 heterocycles. The number of rotatable bonds is 9. The van der Waals surface area contributed by atoms with Crippen molar-refractivity contribution in [3.05, 3.63) is 46.0 Å². The summed E-state index contributed by atoms with van der Waals surface area (Å²) in [5, 5.41) is 16.5. The molecule has 10 heteroatoms. The van der Waals surface area contributed by atoms with Crippen molar-refractivity contribution in [3.8, 4) is 0 Å². The molecule has 1 aliphatic heterocycles. The monoisotopic (exact) mass is 473 g/mol. The van der Waals surface area contributed by atoms with Crippen molar-refractivity contribution in [2.24, 2.45) is 0 Å². The first-order chi connectivity index (χ1) is 14.6. The van der Waals surface area contributed by atoms with Crippen molar-refractivity contribution in [1.29, 1.82) is 0 Å². The van der Waals surface area contributed by atoms with Gasteiger partial charge in [-0.3, -0.25) is 4.79 Å². The normalized spacial score (nSPS) is 13.8. The number of amides is 1. The fourth-order valence-electron chi connectivity index (χ4n) is 2.84. The topological polar surface area (TPSA) is 101 Å². The lowest BCUT2D eigenvalue weighted by Gasteiger charge is -2.24. The lowest BCUT2D eigenvalue weighted by molar-refractivity contribution is -0.134. The quantitative estimate of drug-likeness (QED) is 0.531. The first-order valence-electron chi connectivity index (χ1n) is 9.85. The van der Waals surface area contributed by atoms with Gasteiger partial charge in [-0.1, -0.05) is 23.2 Å². The second-order valence-electron chi connectivity index (χ2n) is 7.22. The van der Waals surface area contributed by atoms with Gasteiger partial charge in [0.25, 0.3) is 5.91 Å². The van der Waals surface area contributed by atoms with E-state index in [9.17, 15) is 14.4 Å². The minimum absolute atomic E-state index is 0.0310. The van der Waals surface area contributed by atoms with Gasteiger partial charge < -0.3 is 24.9 Å². The number of carboxylic acids is 2. The van der Waals surface area contributed by atoms with Crippen molar-refractivity contribution in [2.45, 2.75) is 12.8 Å². The molecule has 0 aliphatic carbocycles. The molecule has 8 nitrogen and oxygen atoms in total. The third-order valence-electron chi connectivity index (χ3n) is 4.70. The van der Waals surface area contributed by atoms with Crippen LogP contribution in [0.3, 0.4) is 0 Å². The van der Waals surface area contributed by atoms with E-state index >= 15 is 0 Å². The van der Waals surface area contributed by atoms with Crippen LogP contribution in [0.1, 0.15) is 23.2 Å². The standard InChI is InChI=1S/C17H25Cl2N3O.C4H4O4/c1-20(10-12-22-7-3-4-8-22)9-11-21(2)17(23)14-5-6-15(18)16(19)13-14;5-3(6)1-2-4(7)8/h5-6,13H,3-4,7-12H2,1-2H3;1-2H,(H,5,6)(H,7,8)/b;2-1+. The summed E-state index contributed by atoms with van der Waals surface area (Å²) in [5.41, 5.74) is 0.571. The SMILES string of the molecule is CN(CCN1CCCC1)CCN(C)C(=O)c1ccc(Cl)c(Cl)c1.O=C(O)/C=C/C(=O)O. The largest absolute Gasteiger partial charge is 0.478 e. The van der Waals surface area contributed by atoms with Crippen molar-refractivity contribution in [1.82, 2.24) is 14.7 Å². The summed E-state index contributed by atoms with van der Waals surface area (Å²) < 4.78 is 0. The number of hydrogen-bond donors (Lipinski definition) is 2. The molecule has 1 aromatic carbocycles. The Morgan fingerprint density at radius 1 is 0.968 bits per heavy atom. The fraction of sp³-hybridized carbons (Fsp3) is 0.476. The van der Waals surface area contributed by atoms with Crippen LogP contribution in [0.2, 0.25) is 10.0 Å². The zero-order valence-electron chi connectivity index (χ0n) is 17.8. The average Bonchev–Trinajstić information content (AvgIpc) is 3.24. The number of carbonyl (C=O) groups is 3. The third kappa shape index (κ3) is 11.2. The van der Waals surface area contributed by atoms with Gasteiger partial charge in [0.1, 0.15) is 0 Å². The second-order valence-corrected chi connectivity index (χ2v) is 8.03. The Morgan fingerprint density at radius 3 is 2.06 bits per heavy atom. The molecule has 2 N–H and O–H groups in total. The first kappa shape index (κ1) is 26.9. The molecule has 1 amide bonds. The lowest BCUT2D eigenvalue weighted by atomic mass is 10.2. The van der Waals surface area contributed by atoms with Crippen molar-refractivity contribution in [2.75, 3.05) is 53.4 Å². The Morgan fingerprint density at radius 2 is 1.55 bits per heavy atom. The Bertz CT molecular complexity index is 766. The van der Waals surface area contributed by atoms with Gasteiger partial charge in [-0.05, 0) is 51.2 Å². The van der Waals surface area contributed by atoms with Crippen LogP contribution in [0.15, 0.2) is 30.4 Å². The minimum Gasteiger partial charge on any atom is -0.478 e. The van der Waals surface area contributed by atoms with Crippen LogP contribution in [-0.4, -0.2) is 96.1 Å². The number of nitrogens with zero attached hydrogens (tertiary/aromatic N) is 3. The van der Waals surface area contributed by atoms with Crippen LogP contribution in [0.5, 0.6) is 0 Å².